The Bertz CT molecular complexity index is 19.7. The zero-order chi connectivity index (χ0) is 3.58. The van der Waals surface area contributed by atoms with E-state index in [1.54, 1.807) is 0 Å². The minimum Gasteiger partial charge on any atom is -1.00 e. The van der Waals surface area contributed by atoms with Crippen molar-refractivity contribution in [2.75, 3.05) is 0 Å². The van der Waals surface area contributed by atoms with Crippen molar-refractivity contribution < 1.29 is 51.9 Å². The van der Waals surface area contributed by atoms with Crippen LogP contribution in [0.25, 0.3) is 0 Å². The summed E-state index contributed by atoms with van der Waals surface area (Å²) < 4.78 is 29.4. The van der Waals surface area contributed by atoms with Crippen molar-refractivity contribution in [1.82, 2.24) is 0 Å². The Morgan fingerprint density at radius 3 is 1.17 bits per heavy atom. The van der Waals surface area contributed by atoms with Gasteiger partial charge < -0.3 is 12.0 Å². The molecule has 0 N–H and O–H groups in total. The van der Waals surface area contributed by atoms with E-state index in [-0.39, 0.29) is 41.4 Å². The summed E-state index contributed by atoms with van der Waals surface area (Å²) in [5, 5.41) is 0. The van der Waals surface area contributed by atoms with Crippen LogP contribution < -0.4 is 18.9 Å². The van der Waals surface area contributed by atoms with Crippen molar-refractivity contribution in [2.45, 2.75) is 0 Å². The van der Waals surface area contributed by atoms with Crippen molar-refractivity contribution in [3.63, 3.8) is 0 Å². The van der Waals surface area contributed by atoms with Crippen LogP contribution in [-0.4, -0.2) is 15.5 Å². The van der Waals surface area contributed by atoms with E-state index in [0.717, 1.165) is 0 Å². The second-order valence-electron chi connectivity index (χ2n) is 0.247. The molecular formula is HAlF3LiW. The van der Waals surface area contributed by atoms with Gasteiger partial charge in [-0.05, 0) is 0 Å². The molecule has 0 heterocycles. The molecule has 0 aliphatic carbocycles. The fourth-order valence-electron chi connectivity index (χ4n) is 0. The Kier molecular flexibility index (Phi) is 25.5. The van der Waals surface area contributed by atoms with Gasteiger partial charge in [0.2, 0.25) is 0 Å². The molecule has 0 nitrogen and oxygen atoms in total. The largest absolute Gasteiger partial charge is 1.04 e. The summed E-state index contributed by atoms with van der Waals surface area (Å²) in [6.45, 7) is 0. The van der Waals surface area contributed by atoms with Gasteiger partial charge in [-0.1, -0.05) is 0 Å². The summed E-state index contributed by atoms with van der Waals surface area (Å²) in [6.07, 6.45) is 0. The third-order valence-corrected chi connectivity index (χ3v) is 0. The van der Waals surface area contributed by atoms with E-state index in [0.29, 0.717) is 0 Å². The molecule has 0 bridgehead atoms. The molecule has 32 valence electrons. The first kappa shape index (κ1) is 15.6. The maximum Gasteiger partial charge on any atom is 1.04 e. The molecule has 0 atom stereocenters. The summed E-state index contributed by atoms with van der Waals surface area (Å²) in [7, 11) is 0. The average molecular weight is 276 g/mol. The smallest absolute Gasteiger partial charge is 1.00 e. The molecule has 0 aliphatic rings. The SMILES string of the molecule is [F][Al]([F])[F].[H-].[Li+].[W]. The topological polar surface area (TPSA) is 0 Å². The molecular weight excluding hydrogens is 275 g/mol. The van der Waals surface area contributed by atoms with Crippen LogP contribution in [0.4, 0.5) is 10.6 Å². The molecule has 6 heavy (non-hydrogen) atoms. The van der Waals surface area contributed by atoms with Crippen molar-refractivity contribution in [2.24, 2.45) is 0 Å². The van der Waals surface area contributed by atoms with Crippen LogP contribution in [-0.2, 0) is 21.1 Å². The first-order valence-electron chi connectivity index (χ1n) is 0.655. The molecule has 0 aromatic rings. The van der Waals surface area contributed by atoms with E-state index in [1.165, 1.54) is 0 Å². The molecule has 0 spiro atoms. The van der Waals surface area contributed by atoms with Gasteiger partial charge in [0, 0.05) is 21.1 Å². The maximum atomic E-state index is 9.81. The van der Waals surface area contributed by atoms with E-state index >= 15 is 0 Å². The number of halogens is 3. The minimum atomic E-state index is -4.64. The first-order valence-corrected chi connectivity index (χ1v) is 1.96. The fraction of sp³-hybridized carbons (Fsp3) is 0. The summed E-state index contributed by atoms with van der Waals surface area (Å²) in [5.74, 6) is 0. The molecule has 0 unspecified atom stereocenters. The van der Waals surface area contributed by atoms with Gasteiger partial charge in [0.25, 0.3) is 0 Å². The molecule has 0 fully saturated rings. The summed E-state index contributed by atoms with van der Waals surface area (Å²) >= 11 is -4.64. The molecule has 0 aliphatic heterocycles. The second kappa shape index (κ2) is 9.79. The zero-order valence-electron chi connectivity index (χ0n) is 4.12. The summed E-state index contributed by atoms with van der Waals surface area (Å²) in [4.78, 5) is 0. The molecule has 0 saturated carbocycles. The number of hydrogen-bond donors (Lipinski definition) is 0. The Labute approximate surface area is 67.2 Å². The van der Waals surface area contributed by atoms with Crippen molar-refractivity contribution >= 4 is 15.5 Å². The quantitative estimate of drug-likeness (QED) is 0.449. The molecule has 0 saturated heterocycles. The van der Waals surface area contributed by atoms with Crippen LogP contribution >= 0.6 is 0 Å². The van der Waals surface area contributed by atoms with Gasteiger partial charge in [0.05, 0.1) is 0 Å². The third kappa shape index (κ3) is 46.0. The zero-order valence-corrected chi connectivity index (χ0v) is 7.21. The Morgan fingerprint density at radius 1 is 1.17 bits per heavy atom. The van der Waals surface area contributed by atoms with Crippen LogP contribution in [0.2, 0.25) is 0 Å². The first-order chi connectivity index (χ1) is 1.73. The number of rotatable bonds is 0. The van der Waals surface area contributed by atoms with Crippen LogP contribution in [0.15, 0.2) is 0 Å². The van der Waals surface area contributed by atoms with Crippen LogP contribution in [0, 0.1) is 0 Å². The summed E-state index contributed by atoms with van der Waals surface area (Å²) in [6, 6.07) is 0. The standard InChI is InChI=1S/Al.3FH.Li.W.H/h;3*1H;;;/q+3;;;;+1;;-1/p-3. The molecule has 0 amide bonds. The normalized spacial score (nSPS) is 4.50. The van der Waals surface area contributed by atoms with Crippen molar-refractivity contribution in [3.05, 3.63) is 0 Å². The monoisotopic (exact) mass is 276 g/mol. The Hall–Kier alpha value is 1.61. The van der Waals surface area contributed by atoms with E-state index in [9.17, 15) is 10.6 Å². The summed E-state index contributed by atoms with van der Waals surface area (Å²) in [5.41, 5.74) is 0. The van der Waals surface area contributed by atoms with Gasteiger partial charge in [-0.25, -0.2) is 0 Å². The van der Waals surface area contributed by atoms with Gasteiger partial charge in [0.1, 0.15) is 0 Å². The molecule has 0 rings (SSSR count). The fourth-order valence-corrected chi connectivity index (χ4v) is 0. The van der Waals surface area contributed by atoms with Crippen LogP contribution in [0.3, 0.4) is 0 Å². The van der Waals surface area contributed by atoms with Gasteiger partial charge in [0.15, 0.2) is 0 Å². The van der Waals surface area contributed by atoms with Crippen molar-refractivity contribution in [3.8, 4) is 0 Å². The van der Waals surface area contributed by atoms with Gasteiger partial charge in [-0.2, -0.15) is 0 Å². The van der Waals surface area contributed by atoms with Crippen LogP contribution in [0.5, 0.6) is 0 Å². The van der Waals surface area contributed by atoms with Crippen LogP contribution in [0.1, 0.15) is 1.43 Å². The predicted octanol–water partition coefficient (Wildman–Crippen LogP) is -2.01. The van der Waals surface area contributed by atoms with E-state index in [1.807, 2.05) is 0 Å². The second-order valence-corrected chi connectivity index (χ2v) is 0.742. The predicted molar refractivity (Wildman–Crippen MR) is 10.2 cm³/mol. The van der Waals surface area contributed by atoms with Crippen molar-refractivity contribution in [1.29, 1.82) is 0 Å². The Morgan fingerprint density at radius 2 is 1.17 bits per heavy atom. The van der Waals surface area contributed by atoms with E-state index in [4.69, 9.17) is 0 Å². The molecule has 0 radical (unpaired) electrons. The van der Waals surface area contributed by atoms with Gasteiger partial charge >= 0.3 is 34.4 Å². The van der Waals surface area contributed by atoms with Gasteiger partial charge in [-0.15, -0.1) is 0 Å². The van der Waals surface area contributed by atoms with Gasteiger partial charge in [-0.3, -0.25) is 0 Å². The Balaban J connectivity index is -0.0000000150. The maximum absolute atomic E-state index is 9.81. The third-order valence-electron chi connectivity index (χ3n) is 0. The molecule has 6 heteroatoms. The van der Waals surface area contributed by atoms with E-state index < -0.39 is 15.5 Å². The molecule has 0 aromatic carbocycles. The minimum absolute atomic E-state index is 0. The van der Waals surface area contributed by atoms with E-state index in [2.05, 4.69) is 0 Å². The number of hydrogen-bond acceptors (Lipinski definition) is 0. The molecule has 0 aromatic heterocycles. The average Bonchev–Trinajstić information content (AvgIpc) is 0.811.